The van der Waals surface area contributed by atoms with Crippen LogP contribution in [0.25, 0.3) is 0 Å². The maximum atomic E-state index is 5.52. The number of nitrogens with zero attached hydrogens (tertiary/aromatic N) is 3. The molecule has 1 aromatic heterocycles. The summed E-state index contributed by atoms with van der Waals surface area (Å²) < 4.78 is 12.8. The second-order valence-electron chi connectivity index (χ2n) is 6.16. The fraction of sp³-hybridized carbons (Fsp3) is 0.500. The third kappa shape index (κ3) is 3.06. The largest absolute Gasteiger partial charge is 0.496 e. The van der Waals surface area contributed by atoms with Crippen molar-refractivity contribution in [2.75, 3.05) is 27.3 Å². The predicted molar refractivity (Wildman–Crippen MR) is 90.1 cm³/mol. The molecule has 1 fully saturated rings. The van der Waals surface area contributed by atoms with Crippen LogP contribution in [0.15, 0.2) is 24.3 Å². The molecule has 5 nitrogen and oxygen atoms in total. The number of hydrogen-bond donors (Lipinski definition) is 0. The summed E-state index contributed by atoms with van der Waals surface area (Å²) in [5, 5.41) is 4.47. The summed E-state index contributed by atoms with van der Waals surface area (Å²) in [4.78, 5) is 2.48. The predicted octanol–water partition coefficient (Wildman–Crippen LogP) is 2.74. The van der Waals surface area contributed by atoms with Gasteiger partial charge >= 0.3 is 0 Å². The average molecular weight is 315 g/mol. The molecule has 0 radical (unpaired) electrons. The van der Waals surface area contributed by atoms with Gasteiger partial charge in [0.25, 0.3) is 0 Å². The molecule has 1 aliphatic heterocycles. The van der Waals surface area contributed by atoms with E-state index in [-0.39, 0.29) is 0 Å². The topological polar surface area (TPSA) is 39.5 Å². The van der Waals surface area contributed by atoms with Gasteiger partial charge in [-0.05, 0) is 31.5 Å². The van der Waals surface area contributed by atoms with Crippen LogP contribution in [0.1, 0.15) is 29.2 Å². The van der Waals surface area contributed by atoms with Crippen LogP contribution in [0.5, 0.6) is 11.6 Å². The highest BCUT2D eigenvalue weighted by atomic mass is 16.5. The van der Waals surface area contributed by atoms with Crippen LogP contribution in [0.2, 0.25) is 0 Å². The van der Waals surface area contributed by atoms with E-state index in [0.717, 1.165) is 43.4 Å². The fourth-order valence-electron chi connectivity index (χ4n) is 3.58. The molecule has 0 aliphatic carbocycles. The zero-order valence-electron chi connectivity index (χ0n) is 14.4. The van der Waals surface area contributed by atoms with Crippen LogP contribution >= 0.6 is 0 Å². The van der Waals surface area contributed by atoms with Gasteiger partial charge in [-0.25, -0.2) is 4.68 Å². The fourth-order valence-corrected chi connectivity index (χ4v) is 3.58. The van der Waals surface area contributed by atoms with E-state index in [9.17, 15) is 0 Å². The molecule has 1 atom stereocenters. The first-order valence-corrected chi connectivity index (χ1v) is 8.05. The Morgan fingerprint density at radius 1 is 1.22 bits per heavy atom. The van der Waals surface area contributed by atoms with E-state index in [1.54, 1.807) is 14.2 Å². The van der Waals surface area contributed by atoms with Gasteiger partial charge in [0, 0.05) is 26.1 Å². The van der Waals surface area contributed by atoms with Gasteiger partial charge in [0.1, 0.15) is 5.75 Å². The smallest absolute Gasteiger partial charge is 0.216 e. The number of rotatable bonds is 5. The first-order chi connectivity index (χ1) is 11.1. The number of ether oxygens (including phenoxy) is 2. The summed E-state index contributed by atoms with van der Waals surface area (Å²) in [5.74, 6) is 2.38. The third-order valence-electron chi connectivity index (χ3n) is 4.72. The summed E-state index contributed by atoms with van der Waals surface area (Å²) in [6.07, 6.45) is 1.15. The molecule has 3 rings (SSSR count). The van der Waals surface area contributed by atoms with Gasteiger partial charge in [-0.15, -0.1) is 0 Å². The highest BCUT2D eigenvalue weighted by Gasteiger charge is 2.27. The van der Waals surface area contributed by atoms with E-state index < -0.39 is 0 Å². The highest BCUT2D eigenvalue weighted by molar-refractivity contribution is 5.37. The second-order valence-corrected chi connectivity index (χ2v) is 6.16. The van der Waals surface area contributed by atoms with Crippen LogP contribution < -0.4 is 9.47 Å². The zero-order chi connectivity index (χ0) is 16.4. The minimum absolute atomic E-state index is 0.522. The molecule has 23 heavy (non-hydrogen) atoms. The van der Waals surface area contributed by atoms with E-state index in [4.69, 9.17) is 9.47 Å². The van der Waals surface area contributed by atoms with E-state index in [2.05, 4.69) is 22.1 Å². The third-order valence-corrected chi connectivity index (χ3v) is 4.72. The number of aryl methyl sites for hydroxylation is 2. The van der Waals surface area contributed by atoms with Crippen molar-refractivity contribution in [3.05, 3.63) is 41.1 Å². The van der Waals surface area contributed by atoms with Crippen LogP contribution in [0, 0.1) is 6.92 Å². The standard InChI is InChI=1S/C18H25N3O2/c1-13-16(18(23-4)20(2)19-13)12-21-10-9-14(11-21)15-7-5-6-8-17(15)22-3/h5-8,14H,9-12H2,1-4H3/t14-/m1/s1. The summed E-state index contributed by atoms with van der Waals surface area (Å²) in [5.41, 5.74) is 3.55. The summed E-state index contributed by atoms with van der Waals surface area (Å²) in [7, 11) is 5.38. The average Bonchev–Trinajstić information content (AvgIpc) is 3.12. The number of hydrogen-bond acceptors (Lipinski definition) is 4. The van der Waals surface area contributed by atoms with E-state index in [0.29, 0.717) is 5.92 Å². The molecule has 1 aromatic carbocycles. The van der Waals surface area contributed by atoms with Gasteiger partial charge in [0.2, 0.25) is 5.88 Å². The summed E-state index contributed by atoms with van der Waals surface area (Å²) in [6.45, 7) is 5.05. The maximum Gasteiger partial charge on any atom is 0.216 e. The molecule has 1 aliphatic rings. The van der Waals surface area contributed by atoms with Crippen molar-refractivity contribution in [1.29, 1.82) is 0 Å². The van der Waals surface area contributed by atoms with Crippen molar-refractivity contribution in [2.45, 2.75) is 25.8 Å². The Bertz CT molecular complexity index is 681. The van der Waals surface area contributed by atoms with Gasteiger partial charge in [0.15, 0.2) is 0 Å². The van der Waals surface area contributed by atoms with Gasteiger partial charge in [-0.1, -0.05) is 18.2 Å². The monoisotopic (exact) mass is 315 g/mol. The van der Waals surface area contributed by atoms with Crippen molar-refractivity contribution in [3.8, 4) is 11.6 Å². The Kier molecular flexibility index (Phi) is 4.57. The molecule has 0 bridgehead atoms. The maximum absolute atomic E-state index is 5.52. The van der Waals surface area contributed by atoms with Crippen molar-refractivity contribution in [3.63, 3.8) is 0 Å². The first kappa shape index (κ1) is 15.9. The van der Waals surface area contributed by atoms with Gasteiger partial charge in [-0.2, -0.15) is 5.10 Å². The molecule has 124 valence electrons. The van der Waals surface area contributed by atoms with E-state index >= 15 is 0 Å². The van der Waals surface area contributed by atoms with Crippen molar-refractivity contribution in [1.82, 2.24) is 14.7 Å². The van der Waals surface area contributed by atoms with Gasteiger partial charge in [-0.3, -0.25) is 4.90 Å². The Morgan fingerprint density at radius 2 is 2.00 bits per heavy atom. The Labute approximate surface area is 137 Å². The van der Waals surface area contributed by atoms with Crippen molar-refractivity contribution in [2.24, 2.45) is 7.05 Å². The van der Waals surface area contributed by atoms with Crippen LogP contribution in [-0.2, 0) is 13.6 Å². The number of benzene rings is 1. The molecule has 2 heterocycles. The molecule has 0 spiro atoms. The first-order valence-electron chi connectivity index (χ1n) is 8.05. The number of methoxy groups -OCH3 is 2. The number of aromatic nitrogens is 2. The van der Waals surface area contributed by atoms with Gasteiger partial charge < -0.3 is 9.47 Å². The minimum Gasteiger partial charge on any atom is -0.496 e. The quantitative estimate of drug-likeness (QED) is 0.850. The molecule has 1 saturated heterocycles. The lowest BCUT2D eigenvalue weighted by atomic mass is 9.97. The molecule has 0 amide bonds. The Morgan fingerprint density at radius 3 is 2.74 bits per heavy atom. The second kappa shape index (κ2) is 6.62. The Hall–Kier alpha value is -2.01. The molecular formula is C18H25N3O2. The van der Waals surface area contributed by atoms with Gasteiger partial charge in [0.05, 0.1) is 25.5 Å². The van der Waals surface area contributed by atoms with E-state index in [1.165, 1.54) is 11.1 Å². The molecule has 0 saturated carbocycles. The molecule has 0 N–H and O–H groups in total. The molecule has 0 unspecified atom stereocenters. The van der Waals surface area contributed by atoms with Crippen molar-refractivity contribution < 1.29 is 9.47 Å². The van der Waals surface area contributed by atoms with Crippen LogP contribution in [0.4, 0.5) is 0 Å². The lowest BCUT2D eigenvalue weighted by Gasteiger charge is -2.18. The Balaban J connectivity index is 1.74. The lowest BCUT2D eigenvalue weighted by Crippen LogP contribution is -2.20. The molecule has 5 heteroatoms. The van der Waals surface area contributed by atoms with E-state index in [1.807, 2.05) is 30.8 Å². The zero-order valence-corrected chi connectivity index (χ0v) is 14.4. The minimum atomic E-state index is 0.522. The SMILES string of the molecule is COc1ccccc1[C@@H]1CCN(Cc2c(C)nn(C)c2OC)C1. The van der Waals surface area contributed by atoms with Crippen molar-refractivity contribution >= 4 is 0 Å². The molecule has 2 aromatic rings. The summed E-state index contributed by atoms with van der Waals surface area (Å²) in [6, 6.07) is 8.35. The normalized spacial score (nSPS) is 18.3. The lowest BCUT2D eigenvalue weighted by molar-refractivity contribution is 0.310. The van der Waals surface area contributed by atoms with Crippen LogP contribution in [-0.4, -0.2) is 42.0 Å². The highest BCUT2D eigenvalue weighted by Crippen LogP contribution is 2.34. The molecular weight excluding hydrogens is 290 g/mol. The summed E-state index contributed by atoms with van der Waals surface area (Å²) >= 11 is 0. The number of para-hydroxylation sites is 1. The van der Waals surface area contributed by atoms with Crippen LogP contribution in [0.3, 0.4) is 0 Å². The number of likely N-dealkylation sites (tertiary alicyclic amines) is 1.